The molecule has 4 heterocycles. The summed E-state index contributed by atoms with van der Waals surface area (Å²) in [5, 5.41) is 4.96. The fourth-order valence-electron chi connectivity index (χ4n) is 5.90. The number of halogens is 1. The topological polar surface area (TPSA) is 30.2 Å². The molecule has 0 spiro atoms. The monoisotopic (exact) mass is 503 g/mol. The van der Waals surface area contributed by atoms with Gasteiger partial charge < -0.3 is 0 Å². The zero-order valence-electron chi connectivity index (χ0n) is 21.0. The molecule has 0 fully saturated rings. The molecule has 8 rings (SSSR count). The van der Waals surface area contributed by atoms with Crippen molar-refractivity contribution in [3.63, 3.8) is 0 Å². The van der Waals surface area contributed by atoms with Crippen LogP contribution in [0.2, 0.25) is 0 Å². The van der Waals surface area contributed by atoms with Gasteiger partial charge in [0.15, 0.2) is 0 Å². The SMILES string of the molecule is Fc1ccc(-c2ccc(-c3cccc(Cc4ccc5c6cccc7c8cccnc8n(c5c4)c67)c3)nc2)cc1. The molecule has 0 aliphatic heterocycles. The van der Waals surface area contributed by atoms with E-state index in [0.29, 0.717) is 0 Å². The average Bonchev–Trinajstić information content (AvgIpc) is 3.50. The number of rotatable bonds is 4. The molecule has 0 saturated heterocycles. The predicted molar refractivity (Wildman–Crippen MR) is 157 cm³/mol. The van der Waals surface area contributed by atoms with E-state index in [0.717, 1.165) is 34.5 Å². The maximum Gasteiger partial charge on any atom is 0.145 e. The Morgan fingerprint density at radius 3 is 2.21 bits per heavy atom. The number of nitrogens with zero attached hydrogens (tertiary/aromatic N) is 3. The normalized spacial score (nSPS) is 11.8. The molecule has 4 aromatic carbocycles. The molecule has 0 amide bonds. The minimum Gasteiger partial charge on any atom is -0.293 e. The maximum absolute atomic E-state index is 13.3. The lowest BCUT2D eigenvalue weighted by atomic mass is 9.99. The minimum atomic E-state index is -0.236. The molecule has 0 saturated carbocycles. The quantitative estimate of drug-likeness (QED) is 0.240. The van der Waals surface area contributed by atoms with Crippen LogP contribution in [0.1, 0.15) is 11.1 Å². The summed E-state index contributed by atoms with van der Waals surface area (Å²) in [7, 11) is 0. The molecule has 0 aliphatic carbocycles. The van der Waals surface area contributed by atoms with Gasteiger partial charge in [-0.3, -0.25) is 9.38 Å². The summed E-state index contributed by atoms with van der Waals surface area (Å²) in [6.07, 6.45) is 4.54. The molecular weight excluding hydrogens is 481 g/mol. The lowest BCUT2D eigenvalue weighted by Gasteiger charge is -2.08. The van der Waals surface area contributed by atoms with Crippen molar-refractivity contribution in [3.05, 3.63) is 139 Å². The van der Waals surface area contributed by atoms with Crippen LogP contribution in [0.5, 0.6) is 0 Å². The van der Waals surface area contributed by atoms with E-state index in [-0.39, 0.29) is 5.82 Å². The van der Waals surface area contributed by atoms with Crippen molar-refractivity contribution in [1.29, 1.82) is 0 Å². The van der Waals surface area contributed by atoms with E-state index in [1.807, 2.05) is 30.6 Å². The van der Waals surface area contributed by atoms with Gasteiger partial charge in [-0.05, 0) is 65.6 Å². The lowest BCUT2D eigenvalue weighted by molar-refractivity contribution is 0.628. The molecule has 0 bridgehead atoms. The zero-order chi connectivity index (χ0) is 25.9. The number of hydrogen-bond acceptors (Lipinski definition) is 2. The predicted octanol–water partition coefficient (Wildman–Crippen LogP) is 8.69. The fraction of sp³-hybridized carbons (Fsp3) is 0.0286. The first-order valence-corrected chi connectivity index (χ1v) is 13.1. The smallest absolute Gasteiger partial charge is 0.145 e. The summed E-state index contributed by atoms with van der Waals surface area (Å²) in [5.41, 5.74) is 9.84. The second kappa shape index (κ2) is 8.47. The van der Waals surface area contributed by atoms with E-state index in [1.54, 1.807) is 12.1 Å². The van der Waals surface area contributed by atoms with Crippen LogP contribution in [0.4, 0.5) is 4.39 Å². The van der Waals surface area contributed by atoms with E-state index in [2.05, 4.69) is 71.1 Å². The van der Waals surface area contributed by atoms with E-state index in [1.165, 1.54) is 55.8 Å². The number of pyridine rings is 2. The van der Waals surface area contributed by atoms with E-state index in [4.69, 9.17) is 9.97 Å². The van der Waals surface area contributed by atoms with Gasteiger partial charge in [0, 0.05) is 45.1 Å². The Kier molecular flexibility index (Phi) is 4.76. The molecule has 4 heteroatoms. The third-order valence-corrected chi connectivity index (χ3v) is 7.71. The second-order valence-electron chi connectivity index (χ2n) is 10.1. The van der Waals surface area contributed by atoms with Crippen molar-refractivity contribution < 1.29 is 4.39 Å². The van der Waals surface area contributed by atoms with Gasteiger partial charge in [-0.1, -0.05) is 66.7 Å². The van der Waals surface area contributed by atoms with Gasteiger partial charge in [0.2, 0.25) is 0 Å². The molecule has 8 aromatic rings. The van der Waals surface area contributed by atoms with Gasteiger partial charge in [0.25, 0.3) is 0 Å². The third-order valence-electron chi connectivity index (χ3n) is 7.71. The standard InChI is InChI=1S/C35H22FN3/c36-27-13-10-24(11-14-27)26-12-16-32(38-21-26)25-5-1-4-22(19-25)18-23-9-15-28-29-6-2-7-30-31-8-3-17-37-35(31)39(34(29)30)33(28)20-23/h1-17,19-21H,18H2. The number of fused-ring (bicyclic) bond motifs is 6. The molecule has 0 radical (unpaired) electrons. The van der Waals surface area contributed by atoms with Crippen LogP contribution in [0.15, 0.2) is 122 Å². The Morgan fingerprint density at radius 2 is 1.36 bits per heavy atom. The summed E-state index contributed by atoms with van der Waals surface area (Å²) in [6, 6.07) is 36.7. The highest BCUT2D eigenvalue weighted by atomic mass is 19.1. The van der Waals surface area contributed by atoms with Gasteiger partial charge in [-0.15, -0.1) is 0 Å². The van der Waals surface area contributed by atoms with Crippen molar-refractivity contribution in [2.75, 3.05) is 0 Å². The molecule has 3 nitrogen and oxygen atoms in total. The molecule has 184 valence electrons. The van der Waals surface area contributed by atoms with Crippen LogP contribution in [0.25, 0.3) is 60.6 Å². The maximum atomic E-state index is 13.3. The Balaban J connectivity index is 1.16. The molecule has 4 aromatic heterocycles. The van der Waals surface area contributed by atoms with Crippen molar-refractivity contribution >= 4 is 38.2 Å². The fourth-order valence-corrected chi connectivity index (χ4v) is 5.90. The van der Waals surface area contributed by atoms with E-state index >= 15 is 0 Å². The summed E-state index contributed by atoms with van der Waals surface area (Å²) < 4.78 is 15.6. The van der Waals surface area contributed by atoms with Crippen LogP contribution >= 0.6 is 0 Å². The van der Waals surface area contributed by atoms with Crippen LogP contribution in [-0.4, -0.2) is 14.4 Å². The highest BCUT2D eigenvalue weighted by Gasteiger charge is 2.17. The van der Waals surface area contributed by atoms with E-state index < -0.39 is 0 Å². The highest BCUT2D eigenvalue weighted by molar-refractivity contribution is 6.22. The van der Waals surface area contributed by atoms with Crippen molar-refractivity contribution in [2.24, 2.45) is 0 Å². The summed E-state index contributed by atoms with van der Waals surface area (Å²) >= 11 is 0. The Bertz CT molecular complexity index is 2140. The molecule has 0 aliphatic rings. The van der Waals surface area contributed by atoms with Crippen LogP contribution < -0.4 is 0 Å². The van der Waals surface area contributed by atoms with Crippen LogP contribution in [-0.2, 0) is 6.42 Å². The Hall–Kier alpha value is -5.09. The zero-order valence-corrected chi connectivity index (χ0v) is 21.0. The summed E-state index contributed by atoms with van der Waals surface area (Å²) in [5.74, 6) is -0.236. The molecule has 39 heavy (non-hydrogen) atoms. The summed E-state index contributed by atoms with van der Waals surface area (Å²) in [6.45, 7) is 0. The first-order valence-electron chi connectivity index (χ1n) is 13.1. The Labute approximate surface area is 224 Å². The first kappa shape index (κ1) is 21.9. The van der Waals surface area contributed by atoms with Gasteiger partial charge in [0.05, 0.1) is 16.7 Å². The van der Waals surface area contributed by atoms with Gasteiger partial charge in [-0.25, -0.2) is 9.37 Å². The van der Waals surface area contributed by atoms with Crippen LogP contribution in [0, 0.1) is 5.82 Å². The number of benzene rings is 4. The second-order valence-corrected chi connectivity index (χ2v) is 10.1. The average molecular weight is 504 g/mol. The number of aromatic nitrogens is 3. The van der Waals surface area contributed by atoms with Crippen molar-refractivity contribution in [3.8, 4) is 22.4 Å². The molecular formula is C35H22FN3. The van der Waals surface area contributed by atoms with Crippen molar-refractivity contribution in [1.82, 2.24) is 14.4 Å². The molecule has 0 atom stereocenters. The summed E-state index contributed by atoms with van der Waals surface area (Å²) in [4.78, 5) is 9.46. The first-order chi connectivity index (χ1) is 19.2. The van der Waals surface area contributed by atoms with Gasteiger partial charge in [0.1, 0.15) is 11.5 Å². The molecule has 0 N–H and O–H groups in total. The third kappa shape index (κ3) is 3.49. The van der Waals surface area contributed by atoms with Crippen molar-refractivity contribution in [2.45, 2.75) is 6.42 Å². The highest BCUT2D eigenvalue weighted by Crippen LogP contribution is 2.38. The van der Waals surface area contributed by atoms with E-state index in [9.17, 15) is 4.39 Å². The van der Waals surface area contributed by atoms with Gasteiger partial charge in [-0.2, -0.15) is 0 Å². The van der Waals surface area contributed by atoms with Gasteiger partial charge >= 0.3 is 0 Å². The number of hydrogen-bond donors (Lipinski definition) is 0. The molecule has 0 unspecified atom stereocenters. The largest absolute Gasteiger partial charge is 0.293 e. The Morgan fingerprint density at radius 1 is 0.590 bits per heavy atom. The number of para-hydroxylation sites is 1. The lowest BCUT2D eigenvalue weighted by Crippen LogP contribution is -1.91. The minimum absolute atomic E-state index is 0.236. The van der Waals surface area contributed by atoms with Crippen LogP contribution in [0.3, 0.4) is 0 Å².